The van der Waals surface area contributed by atoms with E-state index in [1.54, 1.807) is 0 Å². The highest BCUT2D eigenvalue weighted by Crippen LogP contribution is 2.24. The largest absolute Gasteiger partial charge is 0.316 e. The summed E-state index contributed by atoms with van der Waals surface area (Å²) in [5.74, 6) is 1.13. The molecule has 1 aromatic rings. The van der Waals surface area contributed by atoms with Gasteiger partial charge in [-0.05, 0) is 31.2 Å². The summed E-state index contributed by atoms with van der Waals surface area (Å²) in [6.07, 6.45) is 1.05. The zero-order chi connectivity index (χ0) is 12.9. The second-order valence-electron chi connectivity index (χ2n) is 5.24. The Bertz CT molecular complexity index is 329. The van der Waals surface area contributed by atoms with E-state index in [9.17, 15) is 0 Å². The Labute approximate surface area is 114 Å². The first-order chi connectivity index (χ1) is 7.90. The highest BCUT2D eigenvalue weighted by Gasteiger charge is 2.14. The topological polar surface area (TPSA) is 12.0 Å². The molecule has 0 heterocycles. The molecule has 0 saturated carbocycles. The fourth-order valence-electron chi connectivity index (χ4n) is 1.50. The number of thioether (sulfide) groups is 1. The minimum Gasteiger partial charge on any atom is -0.316 e. The number of rotatable bonds is 5. The van der Waals surface area contributed by atoms with E-state index < -0.39 is 0 Å². The van der Waals surface area contributed by atoms with Crippen LogP contribution in [0.15, 0.2) is 24.3 Å². The molecule has 1 aromatic carbocycles. The number of hydrogen-bond acceptors (Lipinski definition) is 2. The molecule has 0 fully saturated rings. The van der Waals surface area contributed by atoms with Gasteiger partial charge in [0.1, 0.15) is 0 Å². The minimum atomic E-state index is 0.328. The molecule has 0 amide bonds. The lowest BCUT2D eigenvalue weighted by molar-refractivity contribution is 0.613. The molecule has 0 aliphatic carbocycles. The molecule has 3 heteroatoms. The van der Waals surface area contributed by atoms with Gasteiger partial charge >= 0.3 is 0 Å². The molecule has 1 rings (SSSR count). The standard InChI is InChI=1S/C14H22ClNS/c1-14(2,3)17-10-13(16-4)9-11-5-7-12(15)8-6-11/h5-8,13,16H,9-10H2,1-4H3. The Kier molecular flexibility index (Phi) is 5.84. The van der Waals surface area contributed by atoms with Gasteiger partial charge in [-0.1, -0.05) is 44.5 Å². The maximum atomic E-state index is 5.88. The predicted molar refractivity (Wildman–Crippen MR) is 80.2 cm³/mol. The van der Waals surface area contributed by atoms with E-state index in [0.29, 0.717) is 10.8 Å². The summed E-state index contributed by atoms with van der Waals surface area (Å²) in [7, 11) is 2.03. The quantitative estimate of drug-likeness (QED) is 0.869. The second kappa shape index (κ2) is 6.67. The van der Waals surface area contributed by atoms with Gasteiger partial charge < -0.3 is 5.32 Å². The van der Waals surface area contributed by atoms with Crippen molar-refractivity contribution < 1.29 is 0 Å². The van der Waals surface area contributed by atoms with E-state index in [1.807, 2.05) is 30.9 Å². The van der Waals surface area contributed by atoms with E-state index >= 15 is 0 Å². The van der Waals surface area contributed by atoms with Crippen LogP contribution < -0.4 is 5.32 Å². The van der Waals surface area contributed by atoms with Crippen molar-refractivity contribution >= 4 is 23.4 Å². The molecule has 0 radical (unpaired) electrons. The molecule has 0 saturated heterocycles. The smallest absolute Gasteiger partial charge is 0.0406 e. The van der Waals surface area contributed by atoms with Crippen molar-refractivity contribution in [3.63, 3.8) is 0 Å². The summed E-state index contributed by atoms with van der Waals surface area (Å²) in [6, 6.07) is 8.64. The van der Waals surface area contributed by atoms with Crippen molar-refractivity contribution in [2.24, 2.45) is 0 Å². The molecule has 0 spiro atoms. The second-order valence-corrected chi connectivity index (χ2v) is 7.52. The molecule has 1 unspecified atom stereocenters. The van der Waals surface area contributed by atoms with Gasteiger partial charge in [-0.3, -0.25) is 0 Å². The van der Waals surface area contributed by atoms with Crippen molar-refractivity contribution in [2.75, 3.05) is 12.8 Å². The van der Waals surface area contributed by atoms with E-state index in [4.69, 9.17) is 11.6 Å². The number of halogens is 1. The van der Waals surface area contributed by atoms with Gasteiger partial charge in [0.2, 0.25) is 0 Å². The molecule has 0 bridgehead atoms. The average molecular weight is 272 g/mol. The van der Waals surface area contributed by atoms with Crippen LogP contribution in [0, 0.1) is 0 Å². The fourth-order valence-corrected chi connectivity index (χ4v) is 2.61. The first kappa shape index (κ1) is 14.9. The monoisotopic (exact) mass is 271 g/mol. The van der Waals surface area contributed by atoms with Crippen LogP contribution in [0.2, 0.25) is 5.02 Å². The van der Waals surface area contributed by atoms with Crippen molar-refractivity contribution in [2.45, 2.75) is 38.0 Å². The molecule has 1 N–H and O–H groups in total. The average Bonchev–Trinajstić information content (AvgIpc) is 2.25. The van der Waals surface area contributed by atoms with E-state index in [1.165, 1.54) is 5.56 Å². The van der Waals surface area contributed by atoms with Crippen LogP contribution in [0.1, 0.15) is 26.3 Å². The molecular weight excluding hydrogens is 250 g/mol. The van der Waals surface area contributed by atoms with E-state index in [-0.39, 0.29) is 0 Å². The molecule has 0 aliphatic rings. The maximum Gasteiger partial charge on any atom is 0.0406 e. The molecule has 1 atom stereocenters. The van der Waals surface area contributed by atoms with Gasteiger partial charge in [-0.15, -0.1) is 0 Å². The van der Waals surface area contributed by atoms with Crippen molar-refractivity contribution in [3.05, 3.63) is 34.9 Å². The van der Waals surface area contributed by atoms with Gasteiger partial charge in [0.25, 0.3) is 0 Å². The highest BCUT2D eigenvalue weighted by molar-refractivity contribution is 8.00. The fraction of sp³-hybridized carbons (Fsp3) is 0.571. The molecule has 17 heavy (non-hydrogen) atoms. The first-order valence-corrected chi connectivity index (χ1v) is 7.33. The van der Waals surface area contributed by atoms with Crippen LogP contribution in [0.3, 0.4) is 0 Å². The van der Waals surface area contributed by atoms with Crippen LogP contribution in [-0.4, -0.2) is 23.6 Å². The number of nitrogens with one attached hydrogen (secondary N) is 1. The normalized spacial score (nSPS) is 13.7. The minimum absolute atomic E-state index is 0.328. The van der Waals surface area contributed by atoms with Crippen LogP contribution in [-0.2, 0) is 6.42 Å². The molecule has 0 aliphatic heterocycles. The van der Waals surface area contributed by atoms with Crippen LogP contribution in [0.4, 0.5) is 0 Å². The Hall–Kier alpha value is -0.180. The van der Waals surface area contributed by atoms with E-state index in [0.717, 1.165) is 17.2 Å². The summed E-state index contributed by atoms with van der Waals surface area (Å²) in [6.45, 7) is 6.77. The number of hydrogen-bond donors (Lipinski definition) is 1. The Morgan fingerprint density at radius 3 is 2.29 bits per heavy atom. The van der Waals surface area contributed by atoms with Crippen molar-refractivity contribution in [1.82, 2.24) is 5.32 Å². The number of benzene rings is 1. The Morgan fingerprint density at radius 2 is 1.82 bits per heavy atom. The van der Waals surface area contributed by atoms with Gasteiger partial charge in [0.05, 0.1) is 0 Å². The lowest BCUT2D eigenvalue weighted by Crippen LogP contribution is -2.31. The predicted octanol–water partition coefficient (Wildman–Crippen LogP) is 4.00. The van der Waals surface area contributed by atoms with Crippen LogP contribution in [0.25, 0.3) is 0 Å². The summed E-state index contributed by atoms with van der Waals surface area (Å²) in [5.41, 5.74) is 1.34. The zero-order valence-electron chi connectivity index (χ0n) is 11.1. The summed E-state index contributed by atoms with van der Waals surface area (Å²) in [4.78, 5) is 0. The van der Waals surface area contributed by atoms with Crippen molar-refractivity contribution in [1.29, 1.82) is 0 Å². The molecule has 1 nitrogen and oxygen atoms in total. The maximum absolute atomic E-state index is 5.88. The third kappa shape index (κ3) is 6.35. The molecular formula is C14H22ClNS. The zero-order valence-corrected chi connectivity index (χ0v) is 12.7. The summed E-state index contributed by atoms with van der Waals surface area (Å²) < 4.78 is 0.328. The summed E-state index contributed by atoms with van der Waals surface area (Å²) >= 11 is 7.88. The first-order valence-electron chi connectivity index (χ1n) is 5.96. The summed E-state index contributed by atoms with van der Waals surface area (Å²) in [5, 5.41) is 4.19. The van der Waals surface area contributed by atoms with Crippen molar-refractivity contribution in [3.8, 4) is 0 Å². The van der Waals surface area contributed by atoms with Gasteiger partial charge in [0.15, 0.2) is 0 Å². The third-order valence-electron chi connectivity index (χ3n) is 2.52. The van der Waals surface area contributed by atoms with E-state index in [2.05, 4.69) is 38.2 Å². The number of likely N-dealkylation sites (N-methyl/N-ethyl adjacent to an activating group) is 1. The van der Waals surface area contributed by atoms with Gasteiger partial charge in [-0.2, -0.15) is 11.8 Å². The Morgan fingerprint density at radius 1 is 1.24 bits per heavy atom. The van der Waals surface area contributed by atoms with Gasteiger partial charge in [-0.25, -0.2) is 0 Å². The Balaban J connectivity index is 2.49. The third-order valence-corrected chi connectivity index (χ3v) is 4.21. The lowest BCUT2D eigenvalue weighted by Gasteiger charge is -2.22. The highest BCUT2D eigenvalue weighted by atomic mass is 35.5. The lowest BCUT2D eigenvalue weighted by atomic mass is 10.1. The molecule has 0 aromatic heterocycles. The SMILES string of the molecule is CNC(CSC(C)(C)C)Cc1ccc(Cl)cc1. The van der Waals surface area contributed by atoms with Crippen LogP contribution in [0.5, 0.6) is 0 Å². The van der Waals surface area contributed by atoms with Gasteiger partial charge in [0, 0.05) is 21.6 Å². The molecule has 96 valence electrons. The van der Waals surface area contributed by atoms with Crippen LogP contribution >= 0.6 is 23.4 Å².